The lowest BCUT2D eigenvalue weighted by atomic mass is 10.0. The average Bonchev–Trinajstić information content (AvgIpc) is 2.97. The van der Waals surface area contributed by atoms with Crippen LogP contribution in [-0.2, 0) is 18.0 Å². The van der Waals surface area contributed by atoms with Crippen molar-refractivity contribution in [1.82, 2.24) is 0 Å². The standard InChI is InChI=1S/C39H73NO6Si3/c1-25(2)47(26(3)4,27(5)6)43-24-38-39(46-49(31(13)14,32(15)16)33(17)18)37(45-48(28(7)8,29(9)10)30(11)12)23-36(44-38)34-19-21-35(22-20-34)40(41)42/h19-23,25-33,37-39H,24H2,1-18H3/t37-,38-,39+/m1/s1. The van der Waals surface area contributed by atoms with Gasteiger partial charge in [-0.1, -0.05) is 125 Å². The number of nitro benzene ring substituents is 1. The average molecular weight is 736 g/mol. The van der Waals surface area contributed by atoms with Crippen molar-refractivity contribution in [2.24, 2.45) is 0 Å². The summed E-state index contributed by atoms with van der Waals surface area (Å²) >= 11 is 0. The van der Waals surface area contributed by atoms with Crippen LogP contribution < -0.4 is 0 Å². The second kappa shape index (κ2) is 17.5. The Morgan fingerprint density at radius 2 is 0.980 bits per heavy atom. The van der Waals surface area contributed by atoms with E-state index in [4.69, 9.17) is 18.0 Å². The lowest BCUT2D eigenvalue weighted by molar-refractivity contribution is -0.384. The molecular weight excluding hydrogens is 663 g/mol. The molecule has 3 atom stereocenters. The number of ether oxygens (including phenoxy) is 1. The van der Waals surface area contributed by atoms with Gasteiger partial charge in [0.25, 0.3) is 5.69 Å². The summed E-state index contributed by atoms with van der Waals surface area (Å²) in [7, 11) is -7.07. The molecule has 0 amide bonds. The molecule has 2 rings (SSSR count). The van der Waals surface area contributed by atoms with Gasteiger partial charge >= 0.3 is 0 Å². The van der Waals surface area contributed by atoms with Gasteiger partial charge in [0.05, 0.1) is 17.6 Å². The van der Waals surface area contributed by atoms with Crippen LogP contribution in [-0.4, -0.2) is 54.8 Å². The van der Waals surface area contributed by atoms with Gasteiger partial charge in [-0.15, -0.1) is 0 Å². The van der Waals surface area contributed by atoms with Crippen molar-refractivity contribution >= 4 is 36.4 Å². The van der Waals surface area contributed by atoms with Crippen molar-refractivity contribution in [3.8, 4) is 0 Å². The topological polar surface area (TPSA) is 80.1 Å². The Hall–Kier alpha value is -1.31. The molecule has 0 unspecified atom stereocenters. The highest BCUT2D eigenvalue weighted by Gasteiger charge is 2.55. The summed E-state index contributed by atoms with van der Waals surface area (Å²) in [5, 5.41) is 11.5. The number of nitro groups is 1. The first-order chi connectivity index (χ1) is 22.5. The van der Waals surface area contributed by atoms with Gasteiger partial charge in [-0.2, -0.15) is 0 Å². The third kappa shape index (κ3) is 8.84. The Bertz CT molecular complexity index is 1160. The van der Waals surface area contributed by atoms with E-state index in [1.807, 2.05) is 0 Å². The van der Waals surface area contributed by atoms with Gasteiger partial charge in [0.2, 0.25) is 25.0 Å². The SMILES string of the molecule is CC(C)[Si](OC[C@H]1OC(c2ccc([N+](=O)[O-])cc2)=C[C@@H](O[Si](C(C)C)(C(C)C)C(C)C)[C@@H]1O[Si](C(C)C)(C(C)C)C(C)C)(C(C)C)C(C)C. The lowest BCUT2D eigenvalue weighted by Crippen LogP contribution is -2.61. The minimum Gasteiger partial charge on any atom is -0.485 e. The van der Waals surface area contributed by atoms with E-state index in [0.717, 1.165) is 5.56 Å². The molecule has 0 bridgehead atoms. The van der Waals surface area contributed by atoms with Gasteiger partial charge in [0.1, 0.15) is 18.0 Å². The van der Waals surface area contributed by atoms with E-state index in [0.29, 0.717) is 62.2 Å². The zero-order chi connectivity index (χ0) is 37.8. The van der Waals surface area contributed by atoms with Crippen LogP contribution in [0.4, 0.5) is 5.69 Å². The molecule has 0 spiro atoms. The van der Waals surface area contributed by atoms with Gasteiger partial charge in [-0.3, -0.25) is 10.1 Å². The van der Waals surface area contributed by atoms with E-state index < -0.39 is 31.1 Å². The summed E-state index contributed by atoms with van der Waals surface area (Å²) in [6.45, 7) is 42.3. The molecule has 0 aromatic heterocycles. The number of hydrogen-bond acceptors (Lipinski definition) is 6. The Kier molecular flexibility index (Phi) is 15.6. The number of nitrogens with zero attached hydrogens (tertiary/aromatic N) is 1. The number of benzene rings is 1. The minimum absolute atomic E-state index is 0.0584. The van der Waals surface area contributed by atoms with E-state index in [1.165, 1.54) is 0 Å². The molecule has 0 N–H and O–H groups in total. The van der Waals surface area contributed by atoms with Gasteiger partial charge < -0.3 is 18.0 Å². The maximum absolute atomic E-state index is 11.5. The van der Waals surface area contributed by atoms with Crippen LogP contribution in [0.25, 0.3) is 5.76 Å². The van der Waals surface area contributed by atoms with Crippen LogP contribution in [0.15, 0.2) is 30.3 Å². The van der Waals surface area contributed by atoms with Gasteiger partial charge in [0.15, 0.2) is 0 Å². The fourth-order valence-corrected chi connectivity index (χ4v) is 26.5. The molecule has 1 aliphatic heterocycles. The molecule has 49 heavy (non-hydrogen) atoms. The molecule has 10 heteroatoms. The second-order valence-electron chi connectivity index (χ2n) is 17.4. The van der Waals surface area contributed by atoms with E-state index in [1.54, 1.807) is 24.3 Å². The zero-order valence-corrected chi connectivity index (χ0v) is 37.4. The van der Waals surface area contributed by atoms with Crippen molar-refractivity contribution in [2.45, 2.75) is 193 Å². The van der Waals surface area contributed by atoms with Crippen molar-refractivity contribution in [3.05, 3.63) is 46.0 Å². The van der Waals surface area contributed by atoms with Crippen LogP contribution in [0.2, 0.25) is 49.9 Å². The maximum atomic E-state index is 11.5. The Labute approximate surface area is 303 Å². The van der Waals surface area contributed by atoms with Crippen LogP contribution >= 0.6 is 0 Å². The monoisotopic (exact) mass is 735 g/mol. The van der Waals surface area contributed by atoms with Crippen LogP contribution in [0, 0.1) is 10.1 Å². The highest BCUT2D eigenvalue weighted by atomic mass is 28.4. The highest BCUT2D eigenvalue weighted by molar-refractivity contribution is 6.78. The molecule has 1 aliphatic rings. The van der Waals surface area contributed by atoms with E-state index in [2.05, 4.69) is 131 Å². The smallest absolute Gasteiger partial charge is 0.269 e. The summed E-state index contributed by atoms with van der Waals surface area (Å²) in [5.74, 6) is 0.685. The summed E-state index contributed by atoms with van der Waals surface area (Å²) in [6, 6.07) is 6.70. The summed E-state index contributed by atoms with van der Waals surface area (Å²) < 4.78 is 29.9. The lowest BCUT2D eigenvalue weighted by Gasteiger charge is -2.52. The van der Waals surface area contributed by atoms with E-state index >= 15 is 0 Å². The molecular formula is C39H73NO6Si3. The summed E-state index contributed by atoms with van der Waals surface area (Å²) in [4.78, 5) is 11.2. The molecule has 1 aromatic carbocycles. The largest absolute Gasteiger partial charge is 0.485 e. The predicted octanol–water partition coefficient (Wildman–Crippen LogP) is 12.6. The summed E-state index contributed by atoms with van der Waals surface area (Å²) in [5.41, 5.74) is 4.41. The summed E-state index contributed by atoms with van der Waals surface area (Å²) in [6.07, 6.45) is 1.00. The van der Waals surface area contributed by atoms with Gasteiger partial charge in [-0.25, -0.2) is 0 Å². The van der Waals surface area contributed by atoms with Crippen molar-refractivity contribution < 1.29 is 22.9 Å². The molecule has 0 aliphatic carbocycles. The molecule has 1 aromatic rings. The third-order valence-corrected chi connectivity index (χ3v) is 30.2. The molecule has 282 valence electrons. The fourth-order valence-electron chi connectivity index (χ4n) is 10.0. The first-order valence-corrected chi connectivity index (χ1v) is 25.6. The number of hydrogen-bond donors (Lipinski definition) is 0. The van der Waals surface area contributed by atoms with E-state index in [-0.39, 0.29) is 22.8 Å². The molecule has 7 nitrogen and oxygen atoms in total. The number of non-ortho nitro benzene ring substituents is 1. The number of rotatable bonds is 18. The fraction of sp³-hybridized carbons (Fsp3) is 0.795. The molecule has 0 radical (unpaired) electrons. The third-order valence-electron chi connectivity index (χ3n) is 11.9. The Morgan fingerprint density at radius 1 is 0.612 bits per heavy atom. The zero-order valence-electron chi connectivity index (χ0n) is 34.4. The van der Waals surface area contributed by atoms with Crippen molar-refractivity contribution in [2.75, 3.05) is 6.61 Å². The predicted molar refractivity (Wildman–Crippen MR) is 215 cm³/mol. The molecule has 1 heterocycles. The van der Waals surface area contributed by atoms with Crippen LogP contribution in [0.3, 0.4) is 0 Å². The first-order valence-electron chi connectivity index (χ1n) is 19.2. The minimum atomic E-state index is -2.41. The van der Waals surface area contributed by atoms with Crippen molar-refractivity contribution in [3.63, 3.8) is 0 Å². The molecule has 0 fully saturated rings. The van der Waals surface area contributed by atoms with Crippen LogP contribution in [0.1, 0.15) is 130 Å². The first kappa shape index (κ1) is 43.9. The van der Waals surface area contributed by atoms with Gasteiger partial charge in [-0.05, 0) is 68.1 Å². The normalized spacial score (nSPS) is 19.8. The maximum Gasteiger partial charge on any atom is 0.269 e. The van der Waals surface area contributed by atoms with E-state index in [9.17, 15) is 10.1 Å². The highest BCUT2D eigenvalue weighted by Crippen LogP contribution is 2.49. The molecule has 0 saturated carbocycles. The Balaban J connectivity index is 2.95. The Morgan fingerprint density at radius 3 is 1.33 bits per heavy atom. The molecule has 0 saturated heterocycles. The van der Waals surface area contributed by atoms with Crippen molar-refractivity contribution in [1.29, 1.82) is 0 Å². The quantitative estimate of drug-likeness (QED) is 0.0848. The second-order valence-corrected chi connectivity index (χ2v) is 33.7. The van der Waals surface area contributed by atoms with Gasteiger partial charge in [0, 0.05) is 17.7 Å². The van der Waals surface area contributed by atoms with Crippen LogP contribution in [0.5, 0.6) is 0 Å².